The zero-order valence-electron chi connectivity index (χ0n) is 6.19. The van der Waals surface area contributed by atoms with Gasteiger partial charge in [-0.2, -0.15) is 0 Å². The lowest BCUT2D eigenvalue weighted by Gasteiger charge is -2.05. The maximum Gasteiger partial charge on any atom is 0.0288 e. The summed E-state index contributed by atoms with van der Waals surface area (Å²) in [5.74, 6) is 0.576. The molecule has 0 atom stereocenters. The molecule has 1 radical (unpaired) electrons. The van der Waals surface area contributed by atoms with Crippen molar-refractivity contribution in [3.63, 3.8) is 0 Å². The van der Waals surface area contributed by atoms with E-state index in [2.05, 4.69) is 41.9 Å². The van der Waals surface area contributed by atoms with E-state index in [1.54, 1.807) is 0 Å². The Morgan fingerprint density at radius 3 is 2.60 bits per heavy atom. The predicted molar refractivity (Wildman–Crippen MR) is 47.1 cm³/mol. The fraction of sp³-hybridized carbons (Fsp3) is 0.333. The maximum atomic E-state index is 3.44. The quantitative estimate of drug-likeness (QED) is 0.648. The Kier molecular flexibility index (Phi) is 2.50. The van der Waals surface area contributed by atoms with Crippen molar-refractivity contribution < 1.29 is 0 Å². The van der Waals surface area contributed by atoms with Crippen LogP contribution in [0.3, 0.4) is 0 Å². The lowest BCUT2D eigenvalue weighted by atomic mass is 10.0. The molecule has 0 spiro atoms. The Hall–Kier alpha value is -0.300. The van der Waals surface area contributed by atoms with Crippen LogP contribution in [-0.2, 0) is 0 Å². The first-order valence-corrected chi connectivity index (χ1v) is 4.17. The van der Waals surface area contributed by atoms with Crippen molar-refractivity contribution in [3.8, 4) is 0 Å². The first-order valence-electron chi connectivity index (χ1n) is 3.38. The monoisotopic (exact) mass is 197 g/mol. The van der Waals surface area contributed by atoms with Crippen molar-refractivity contribution >= 4 is 15.9 Å². The third-order valence-corrected chi connectivity index (χ3v) is 2.14. The van der Waals surface area contributed by atoms with E-state index >= 15 is 0 Å². The van der Waals surface area contributed by atoms with Gasteiger partial charge in [-0.15, -0.1) is 0 Å². The van der Waals surface area contributed by atoms with Crippen molar-refractivity contribution in [1.29, 1.82) is 0 Å². The second-order valence-electron chi connectivity index (χ2n) is 2.59. The standard InChI is InChI=1S/C9H10Br/c1-7(2)8-5-3-4-6-9(8)10/h3-5,7H,1-2H3. The van der Waals surface area contributed by atoms with Gasteiger partial charge in [0, 0.05) is 4.47 Å². The van der Waals surface area contributed by atoms with Gasteiger partial charge < -0.3 is 0 Å². The summed E-state index contributed by atoms with van der Waals surface area (Å²) in [4.78, 5) is 0. The highest BCUT2D eigenvalue weighted by Gasteiger charge is 2.01. The second kappa shape index (κ2) is 3.20. The molecule has 1 heteroatoms. The molecule has 0 aliphatic heterocycles. The van der Waals surface area contributed by atoms with Gasteiger partial charge in [0.05, 0.1) is 0 Å². The number of rotatable bonds is 1. The number of hydrogen-bond acceptors (Lipinski definition) is 0. The zero-order valence-corrected chi connectivity index (χ0v) is 7.77. The van der Waals surface area contributed by atoms with Crippen LogP contribution in [0.15, 0.2) is 22.7 Å². The van der Waals surface area contributed by atoms with Gasteiger partial charge in [-0.1, -0.05) is 32.0 Å². The van der Waals surface area contributed by atoms with E-state index in [0.717, 1.165) is 4.47 Å². The fourth-order valence-electron chi connectivity index (χ4n) is 0.875. The molecule has 1 aromatic rings. The van der Waals surface area contributed by atoms with Crippen molar-refractivity contribution in [2.24, 2.45) is 0 Å². The summed E-state index contributed by atoms with van der Waals surface area (Å²) >= 11 is 3.44. The third kappa shape index (κ3) is 1.60. The van der Waals surface area contributed by atoms with E-state index in [1.807, 2.05) is 12.1 Å². The van der Waals surface area contributed by atoms with Crippen molar-refractivity contribution in [2.75, 3.05) is 0 Å². The Morgan fingerprint density at radius 1 is 1.50 bits per heavy atom. The molecule has 0 saturated heterocycles. The van der Waals surface area contributed by atoms with E-state index in [1.165, 1.54) is 5.56 Å². The molecule has 0 bridgehead atoms. The molecule has 1 rings (SSSR count). The van der Waals surface area contributed by atoms with Crippen LogP contribution in [0.1, 0.15) is 25.3 Å². The van der Waals surface area contributed by atoms with Crippen LogP contribution >= 0.6 is 15.9 Å². The summed E-state index contributed by atoms with van der Waals surface area (Å²) in [5.41, 5.74) is 1.32. The first-order chi connectivity index (χ1) is 4.72. The third-order valence-electron chi connectivity index (χ3n) is 1.46. The van der Waals surface area contributed by atoms with Gasteiger partial charge in [-0.3, -0.25) is 0 Å². The molecule has 10 heavy (non-hydrogen) atoms. The van der Waals surface area contributed by atoms with E-state index in [9.17, 15) is 0 Å². The van der Waals surface area contributed by atoms with Gasteiger partial charge in [0.25, 0.3) is 0 Å². The lowest BCUT2D eigenvalue weighted by Crippen LogP contribution is -1.87. The largest absolute Gasteiger partial charge is 0.0613 e. The smallest absolute Gasteiger partial charge is 0.0288 e. The van der Waals surface area contributed by atoms with Crippen LogP contribution in [-0.4, -0.2) is 0 Å². The number of halogens is 1. The predicted octanol–water partition coefficient (Wildman–Crippen LogP) is 3.37. The Bertz CT molecular complexity index is 216. The van der Waals surface area contributed by atoms with Crippen LogP contribution in [0.5, 0.6) is 0 Å². The van der Waals surface area contributed by atoms with Crippen LogP contribution < -0.4 is 0 Å². The topological polar surface area (TPSA) is 0 Å². The molecule has 0 fully saturated rings. The van der Waals surface area contributed by atoms with Crippen molar-refractivity contribution in [3.05, 3.63) is 34.3 Å². The van der Waals surface area contributed by atoms with Gasteiger partial charge in [0.1, 0.15) is 0 Å². The van der Waals surface area contributed by atoms with E-state index in [-0.39, 0.29) is 0 Å². The summed E-state index contributed by atoms with van der Waals surface area (Å²) in [7, 11) is 0. The molecular formula is C9H10Br. The molecule has 1 aromatic carbocycles. The summed E-state index contributed by atoms with van der Waals surface area (Å²) in [6, 6.07) is 9.14. The maximum absolute atomic E-state index is 3.44. The van der Waals surface area contributed by atoms with Crippen molar-refractivity contribution in [1.82, 2.24) is 0 Å². The molecule has 0 aliphatic rings. The average molecular weight is 198 g/mol. The Labute approximate surface area is 70.4 Å². The molecule has 0 saturated carbocycles. The molecule has 0 unspecified atom stereocenters. The summed E-state index contributed by atoms with van der Waals surface area (Å²) in [6.07, 6.45) is 0. The zero-order chi connectivity index (χ0) is 7.56. The SMILES string of the molecule is CC(C)c1ccc[c]c1Br. The highest BCUT2D eigenvalue weighted by Crippen LogP contribution is 2.22. The molecular weight excluding hydrogens is 188 g/mol. The second-order valence-corrected chi connectivity index (χ2v) is 3.39. The van der Waals surface area contributed by atoms with Crippen LogP contribution in [0.2, 0.25) is 0 Å². The minimum absolute atomic E-state index is 0.576. The molecule has 0 nitrogen and oxygen atoms in total. The van der Waals surface area contributed by atoms with E-state index < -0.39 is 0 Å². The molecule has 0 heterocycles. The summed E-state index contributed by atoms with van der Waals surface area (Å²) in [6.45, 7) is 4.35. The van der Waals surface area contributed by atoms with Gasteiger partial charge in [0.2, 0.25) is 0 Å². The van der Waals surface area contributed by atoms with Gasteiger partial charge >= 0.3 is 0 Å². The highest BCUT2D eigenvalue weighted by atomic mass is 79.9. The first kappa shape index (κ1) is 7.80. The average Bonchev–Trinajstić information content (AvgIpc) is 1.88. The number of benzene rings is 1. The van der Waals surface area contributed by atoms with E-state index in [4.69, 9.17) is 0 Å². The minimum Gasteiger partial charge on any atom is -0.0613 e. The Morgan fingerprint density at radius 2 is 2.20 bits per heavy atom. The normalized spacial score (nSPS) is 10.4. The van der Waals surface area contributed by atoms with Gasteiger partial charge in [-0.25, -0.2) is 0 Å². The molecule has 0 aliphatic carbocycles. The summed E-state index contributed by atoms with van der Waals surface area (Å²) < 4.78 is 1.09. The molecule has 0 aromatic heterocycles. The van der Waals surface area contributed by atoms with Gasteiger partial charge in [0.15, 0.2) is 0 Å². The Balaban J connectivity index is 3.03. The lowest BCUT2D eigenvalue weighted by molar-refractivity contribution is 0.860. The van der Waals surface area contributed by atoms with E-state index in [0.29, 0.717) is 5.92 Å². The molecule has 0 N–H and O–H groups in total. The molecule has 53 valence electrons. The fourth-order valence-corrected chi connectivity index (χ4v) is 1.60. The van der Waals surface area contributed by atoms with Crippen molar-refractivity contribution in [2.45, 2.75) is 19.8 Å². The van der Waals surface area contributed by atoms with Crippen LogP contribution in [0.4, 0.5) is 0 Å². The highest BCUT2D eigenvalue weighted by molar-refractivity contribution is 9.10. The summed E-state index contributed by atoms with van der Waals surface area (Å²) in [5, 5.41) is 0. The molecule has 0 amide bonds. The minimum atomic E-state index is 0.576. The number of hydrogen-bond donors (Lipinski definition) is 0. The van der Waals surface area contributed by atoms with Crippen LogP contribution in [0.25, 0.3) is 0 Å². The van der Waals surface area contributed by atoms with Crippen LogP contribution in [0, 0.1) is 6.07 Å². The van der Waals surface area contributed by atoms with Gasteiger partial charge in [-0.05, 0) is 33.5 Å².